The molecule has 7 nitrogen and oxygen atoms in total. The van der Waals surface area contributed by atoms with E-state index in [0.29, 0.717) is 30.4 Å². The molecular formula is C17H19N3O4. The first-order valence-corrected chi connectivity index (χ1v) is 7.87. The van der Waals surface area contributed by atoms with Gasteiger partial charge in [0.05, 0.1) is 23.7 Å². The van der Waals surface area contributed by atoms with Crippen molar-refractivity contribution in [2.24, 2.45) is 5.41 Å². The van der Waals surface area contributed by atoms with E-state index in [1.54, 1.807) is 34.7 Å². The summed E-state index contributed by atoms with van der Waals surface area (Å²) in [4.78, 5) is 37.0. The molecule has 1 aromatic heterocycles. The van der Waals surface area contributed by atoms with E-state index in [2.05, 4.69) is 5.10 Å². The molecule has 7 heteroatoms. The quantitative estimate of drug-likeness (QED) is 0.907. The van der Waals surface area contributed by atoms with E-state index in [1.165, 1.54) is 6.20 Å². The van der Waals surface area contributed by atoms with Crippen LogP contribution in [0, 0.1) is 5.41 Å². The maximum atomic E-state index is 12.4. The summed E-state index contributed by atoms with van der Waals surface area (Å²) >= 11 is 0. The summed E-state index contributed by atoms with van der Waals surface area (Å²) < 4.78 is 1.64. The molecule has 1 aliphatic rings. The van der Waals surface area contributed by atoms with Gasteiger partial charge in [0.1, 0.15) is 0 Å². The van der Waals surface area contributed by atoms with Gasteiger partial charge in [-0.15, -0.1) is 0 Å². The molecule has 0 radical (unpaired) electrons. The number of aromatic nitrogens is 2. The van der Waals surface area contributed by atoms with E-state index in [1.807, 2.05) is 6.07 Å². The number of carbonyl (C=O) groups is 2. The Balaban J connectivity index is 1.71. The molecule has 1 fully saturated rings. The molecule has 0 bridgehead atoms. The number of fused-ring (bicyclic) bond motifs is 1. The van der Waals surface area contributed by atoms with Crippen LogP contribution in [0.5, 0.6) is 0 Å². The molecule has 2 aromatic rings. The van der Waals surface area contributed by atoms with Crippen molar-refractivity contribution in [1.82, 2.24) is 14.7 Å². The lowest BCUT2D eigenvalue weighted by Gasteiger charge is -2.20. The molecule has 0 saturated carbocycles. The predicted octanol–water partition coefficient (Wildman–Crippen LogP) is 1.11. The second-order valence-corrected chi connectivity index (χ2v) is 6.43. The van der Waals surface area contributed by atoms with Gasteiger partial charge in [0.25, 0.3) is 0 Å². The van der Waals surface area contributed by atoms with E-state index in [0.717, 1.165) is 0 Å². The standard InChI is InChI=1S/C17H19N3O4/c1-17(16(23)24)7-9-19(11-17)15(22)6-8-20-13-5-3-2-4-12(13)14(21)10-18-20/h2-5,10H,6-9,11H2,1H3,(H,23,24)/t17-/m1/s1. The molecule has 3 rings (SSSR count). The third-order valence-corrected chi connectivity index (χ3v) is 4.64. The Labute approximate surface area is 138 Å². The fraction of sp³-hybridized carbons (Fsp3) is 0.412. The van der Waals surface area contributed by atoms with Crippen LogP contribution < -0.4 is 5.43 Å². The summed E-state index contributed by atoms with van der Waals surface area (Å²) in [7, 11) is 0. The van der Waals surface area contributed by atoms with E-state index >= 15 is 0 Å². The van der Waals surface area contributed by atoms with Gasteiger partial charge in [-0.25, -0.2) is 0 Å². The van der Waals surface area contributed by atoms with Gasteiger partial charge in [-0.2, -0.15) is 5.10 Å². The highest BCUT2D eigenvalue weighted by Gasteiger charge is 2.41. The number of nitrogens with zero attached hydrogens (tertiary/aromatic N) is 3. The summed E-state index contributed by atoms with van der Waals surface area (Å²) in [5.74, 6) is -0.963. The van der Waals surface area contributed by atoms with Crippen LogP contribution in [-0.4, -0.2) is 44.8 Å². The lowest BCUT2D eigenvalue weighted by molar-refractivity contribution is -0.147. The highest BCUT2D eigenvalue weighted by Crippen LogP contribution is 2.30. The van der Waals surface area contributed by atoms with Crippen molar-refractivity contribution >= 4 is 22.8 Å². The van der Waals surface area contributed by atoms with Crippen LogP contribution >= 0.6 is 0 Å². The van der Waals surface area contributed by atoms with E-state index < -0.39 is 11.4 Å². The summed E-state index contributed by atoms with van der Waals surface area (Å²) in [6, 6.07) is 7.14. The zero-order valence-electron chi connectivity index (χ0n) is 13.4. The van der Waals surface area contributed by atoms with E-state index in [-0.39, 0.29) is 24.3 Å². The van der Waals surface area contributed by atoms with Crippen molar-refractivity contribution in [3.8, 4) is 0 Å². The van der Waals surface area contributed by atoms with Crippen LogP contribution in [-0.2, 0) is 16.1 Å². The summed E-state index contributed by atoms with van der Waals surface area (Å²) in [5, 5.41) is 13.9. The van der Waals surface area contributed by atoms with Crippen molar-refractivity contribution in [2.45, 2.75) is 26.3 Å². The minimum Gasteiger partial charge on any atom is -0.481 e. The number of likely N-dealkylation sites (tertiary alicyclic amines) is 1. The zero-order valence-corrected chi connectivity index (χ0v) is 13.4. The molecule has 24 heavy (non-hydrogen) atoms. The van der Waals surface area contributed by atoms with Crippen LogP contribution in [0.3, 0.4) is 0 Å². The number of aliphatic carboxylic acids is 1. The van der Waals surface area contributed by atoms with Gasteiger partial charge in [0, 0.05) is 24.9 Å². The van der Waals surface area contributed by atoms with Crippen molar-refractivity contribution in [1.29, 1.82) is 0 Å². The molecule has 1 atom stereocenters. The number of benzene rings is 1. The lowest BCUT2D eigenvalue weighted by Crippen LogP contribution is -2.35. The molecule has 0 unspecified atom stereocenters. The first kappa shape index (κ1) is 16.2. The van der Waals surface area contributed by atoms with E-state index in [9.17, 15) is 19.5 Å². The number of carboxylic acids is 1. The number of hydrogen-bond donors (Lipinski definition) is 1. The second-order valence-electron chi connectivity index (χ2n) is 6.43. The Bertz CT molecular complexity index is 860. The van der Waals surface area contributed by atoms with Crippen LogP contribution in [0.2, 0.25) is 0 Å². The average molecular weight is 329 g/mol. The Morgan fingerprint density at radius 2 is 2.08 bits per heavy atom. The number of hydrogen-bond acceptors (Lipinski definition) is 4. The molecule has 1 saturated heterocycles. The summed E-state index contributed by atoms with van der Waals surface area (Å²) in [6.45, 7) is 2.71. The topological polar surface area (TPSA) is 92.5 Å². The van der Waals surface area contributed by atoms with Crippen LogP contribution in [0.25, 0.3) is 10.9 Å². The summed E-state index contributed by atoms with van der Waals surface area (Å²) in [6.07, 6.45) is 1.94. The normalized spacial score (nSPS) is 20.5. The second kappa shape index (κ2) is 6.07. The van der Waals surface area contributed by atoms with Gasteiger partial charge in [-0.05, 0) is 25.5 Å². The molecule has 126 valence electrons. The Hall–Kier alpha value is -2.70. The van der Waals surface area contributed by atoms with Gasteiger partial charge in [-0.3, -0.25) is 19.1 Å². The monoisotopic (exact) mass is 329 g/mol. The number of aryl methyl sites for hydroxylation is 1. The fourth-order valence-corrected chi connectivity index (χ4v) is 3.05. The van der Waals surface area contributed by atoms with Gasteiger partial charge in [0.15, 0.2) is 0 Å². The molecule has 1 N–H and O–H groups in total. The molecule has 0 spiro atoms. The minimum absolute atomic E-state index is 0.0930. The van der Waals surface area contributed by atoms with Crippen LogP contribution in [0.4, 0.5) is 0 Å². The van der Waals surface area contributed by atoms with Crippen molar-refractivity contribution in [2.75, 3.05) is 13.1 Å². The maximum Gasteiger partial charge on any atom is 0.311 e. The largest absolute Gasteiger partial charge is 0.481 e. The van der Waals surface area contributed by atoms with Crippen LogP contribution in [0.15, 0.2) is 35.3 Å². The summed E-state index contributed by atoms with van der Waals surface area (Å²) in [5.41, 5.74) is -0.322. The fourth-order valence-electron chi connectivity index (χ4n) is 3.05. The Kier molecular flexibility index (Phi) is 4.09. The molecule has 1 amide bonds. The third-order valence-electron chi connectivity index (χ3n) is 4.64. The van der Waals surface area contributed by atoms with Crippen molar-refractivity contribution in [3.05, 3.63) is 40.7 Å². The molecule has 2 heterocycles. The number of carbonyl (C=O) groups excluding carboxylic acids is 1. The van der Waals surface area contributed by atoms with Gasteiger partial charge >= 0.3 is 5.97 Å². The number of amides is 1. The van der Waals surface area contributed by atoms with Gasteiger partial charge in [0.2, 0.25) is 11.3 Å². The lowest BCUT2D eigenvalue weighted by atomic mass is 9.90. The third kappa shape index (κ3) is 2.89. The predicted molar refractivity (Wildman–Crippen MR) is 87.6 cm³/mol. The molecule has 1 aliphatic heterocycles. The zero-order chi connectivity index (χ0) is 17.3. The van der Waals surface area contributed by atoms with Crippen molar-refractivity contribution in [3.63, 3.8) is 0 Å². The molecule has 1 aromatic carbocycles. The number of rotatable bonds is 4. The highest BCUT2D eigenvalue weighted by atomic mass is 16.4. The number of carboxylic acid groups (broad SMARTS) is 1. The van der Waals surface area contributed by atoms with E-state index in [4.69, 9.17) is 0 Å². The first-order chi connectivity index (χ1) is 11.4. The highest BCUT2D eigenvalue weighted by molar-refractivity contribution is 5.81. The SMILES string of the molecule is C[C@@]1(C(=O)O)CCN(C(=O)CCn2ncc(=O)c3ccccc32)C1. The van der Waals surface area contributed by atoms with Gasteiger partial charge < -0.3 is 10.0 Å². The van der Waals surface area contributed by atoms with Crippen molar-refractivity contribution < 1.29 is 14.7 Å². The molecular weight excluding hydrogens is 310 g/mol. The van der Waals surface area contributed by atoms with Gasteiger partial charge in [-0.1, -0.05) is 12.1 Å². The minimum atomic E-state index is -0.870. The first-order valence-electron chi connectivity index (χ1n) is 7.87. The average Bonchev–Trinajstić information content (AvgIpc) is 2.98. The molecule has 0 aliphatic carbocycles. The Morgan fingerprint density at radius 3 is 2.79 bits per heavy atom. The van der Waals surface area contributed by atoms with Crippen LogP contribution in [0.1, 0.15) is 19.8 Å². The Morgan fingerprint density at radius 1 is 1.33 bits per heavy atom. The maximum absolute atomic E-state index is 12.4. The smallest absolute Gasteiger partial charge is 0.311 e. The number of para-hydroxylation sites is 1.